The van der Waals surface area contributed by atoms with Crippen LogP contribution in [-0.2, 0) is 12.8 Å². The fourth-order valence-electron chi connectivity index (χ4n) is 2.48. The lowest BCUT2D eigenvalue weighted by Crippen LogP contribution is -1.94. The molecule has 4 nitrogen and oxygen atoms in total. The van der Waals surface area contributed by atoms with E-state index in [9.17, 15) is 0 Å². The van der Waals surface area contributed by atoms with E-state index in [0.717, 1.165) is 37.9 Å². The molecule has 0 fully saturated rings. The van der Waals surface area contributed by atoms with Crippen LogP contribution in [0.25, 0.3) is 22.6 Å². The Kier molecular flexibility index (Phi) is 4.16. The molecule has 2 heterocycles. The predicted octanol–water partition coefficient (Wildman–Crippen LogP) is 5.28. The molecule has 0 N–H and O–H groups in total. The molecule has 0 unspecified atom stereocenters. The second-order valence-electron chi connectivity index (χ2n) is 5.43. The van der Waals surface area contributed by atoms with Gasteiger partial charge in [-0.25, -0.2) is 0 Å². The lowest BCUT2D eigenvalue weighted by atomic mass is 10.2. The molecule has 0 saturated carbocycles. The van der Waals surface area contributed by atoms with Gasteiger partial charge >= 0.3 is 0 Å². The molecule has 0 spiro atoms. The highest BCUT2D eigenvalue weighted by Gasteiger charge is 2.15. The summed E-state index contributed by atoms with van der Waals surface area (Å²) in [5.74, 6) is 2.32. The summed E-state index contributed by atoms with van der Waals surface area (Å²) in [5, 5.41) is 10.5. The van der Waals surface area contributed by atoms with Crippen molar-refractivity contribution in [3.8, 4) is 11.6 Å². The molecule has 0 aliphatic heterocycles. The van der Waals surface area contributed by atoms with E-state index in [2.05, 4.69) is 38.3 Å². The first-order valence-electron chi connectivity index (χ1n) is 7.46. The van der Waals surface area contributed by atoms with Crippen molar-refractivity contribution in [3.63, 3.8) is 0 Å². The fourth-order valence-corrected chi connectivity index (χ4v) is 3.61. The SMILES string of the molecule is Cn1c(SCc2ccc(Br)cc2)nnc1-c1cc2ccccc2o1. The van der Waals surface area contributed by atoms with Gasteiger partial charge in [0.25, 0.3) is 0 Å². The monoisotopic (exact) mass is 399 g/mol. The van der Waals surface area contributed by atoms with Crippen LogP contribution in [0.5, 0.6) is 0 Å². The summed E-state index contributed by atoms with van der Waals surface area (Å²) in [6, 6.07) is 18.3. The van der Waals surface area contributed by atoms with Crippen LogP contribution in [-0.4, -0.2) is 14.8 Å². The molecule has 0 amide bonds. The van der Waals surface area contributed by atoms with Crippen molar-refractivity contribution in [2.24, 2.45) is 7.05 Å². The Bertz CT molecular complexity index is 958. The van der Waals surface area contributed by atoms with E-state index in [1.165, 1.54) is 5.56 Å². The van der Waals surface area contributed by atoms with Crippen LogP contribution in [0, 0.1) is 0 Å². The van der Waals surface area contributed by atoms with Crippen LogP contribution in [0.4, 0.5) is 0 Å². The summed E-state index contributed by atoms with van der Waals surface area (Å²) in [5.41, 5.74) is 2.11. The van der Waals surface area contributed by atoms with Gasteiger partial charge in [0.2, 0.25) is 0 Å². The number of para-hydroxylation sites is 1. The van der Waals surface area contributed by atoms with E-state index in [4.69, 9.17) is 4.42 Å². The van der Waals surface area contributed by atoms with Crippen LogP contribution in [0.2, 0.25) is 0 Å². The molecular weight excluding hydrogens is 386 g/mol. The zero-order valence-electron chi connectivity index (χ0n) is 12.9. The number of hydrogen-bond acceptors (Lipinski definition) is 4. The number of aromatic nitrogens is 3. The first kappa shape index (κ1) is 15.5. The zero-order valence-corrected chi connectivity index (χ0v) is 15.3. The molecule has 4 aromatic rings. The van der Waals surface area contributed by atoms with E-state index in [1.54, 1.807) is 11.8 Å². The largest absolute Gasteiger partial charge is 0.453 e. The van der Waals surface area contributed by atoms with Gasteiger partial charge in [-0.1, -0.05) is 58.0 Å². The van der Waals surface area contributed by atoms with E-state index in [1.807, 2.05) is 54.1 Å². The smallest absolute Gasteiger partial charge is 0.200 e. The van der Waals surface area contributed by atoms with Crippen LogP contribution >= 0.6 is 27.7 Å². The van der Waals surface area contributed by atoms with Crippen molar-refractivity contribution >= 4 is 38.7 Å². The van der Waals surface area contributed by atoms with Crippen LogP contribution in [0.1, 0.15) is 5.56 Å². The van der Waals surface area contributed by atoms with Gasteiger partial charge in [-0.05, 0) is 29.8 Å². The predicted molar refractivity (Wildman–Crippen MR) is 99.9 cm³/mol. The van der Waals surface area contributed by atoms with E-state index in [0.29, 0.717) is 0 Å². The number of halogens is 1. The van der Waals surface area contributed by atoms with Crippen molar-refractivity contribution in [2.45, 2.75) is 10.9 Å². The average Bonchev–Trinajstić information content (AvgIpc) is 3.17. The molecule has 0 aliphatic rings. The minimum absolute atomic E-state index is 0.738. The number of furan rings is 1. The molecule has 24 heavy (non-hydrogen) atoms. The van der Waals surface area contributed by atoms with E-state index < -0.39 is 0 Å². The molecule has 4 rings (SSSR count). The standard InChI is InChI=1S/C18H14BrN3OS/c1-22-17(16-10-13-4-2-3-5-15(13)23-16)20-21-18(22)24-11-12-6-8-14(19)9-7-12/h2-10H,11H2,1H3. The summed E-state index contributed by atoms with van der Waals surface area (Å²) in [6.07, 6.45) is 0. The highest BCUT2D eigenvalue weighted by atomic mass is 79.9. The first-order chi connectivity index (χ1) is 11.7. The number of fused-ring (bicyclic) bond motifs is 1. The Morgan fingerprint density at radius 3 is 2.67 bits per heavy atom. The summed E-state index contributed by atoms with van der Waals surface area (Å²) in [6.45, 7) is 0. The number of hydrogen-bond donors (Lipinski definition) is 0. The number of thioether (sulfide) groups is 1. The Morgan fingerprint density at radius 2 is 1.88 bits per heavy atom. The number of rotatable bonds is 4. The maximum absolute atomic E-state index is 5.89. The molecule has 0 radical (unpaired) electrons. The molecule has 0 bridgehead atoms. The molecule has 0 saturated heterocycles. The topological polar surface area (TPSA) is 43.9 Å². The molecule has 0 aliphatic carbocycles. The van der Waals surface area contributed by atoms with Gasteiger partial charge in [-0.15, -0.1) is 10.2 Å². The molecular formula is C18H14BrN3OS. The summed E-state index contributed by atoms with van der Waals surface area (Å²) >= 11 is 5.11. The van der Waals surface area contributed by atoms with Gasteiger partial charge in [0.05, 0.1) is 0 Å². The van der Waals surface area contributed by atoms with Gasteiger partial charge in [-0.2, -0.15) is 0 Å². The summed E-state index contributed by atoms with van der Waals surface area (Å²) in [4.78, 5) is 0. The lowest BCUT2D eigenvalue weighted by Gasteiger charge is -2.03. The number of benzene rings is 2. The van der Waals surface area contributed by atoms with Gasteiger partial charge in [0, 0.05) is 22.7 Å². The average molecular weight is 400 g/mol. The van der Waals surface area contributed by atoms with Gasteiger partial charge < -0.3 is 8.98 Å². The highest BCUT2D eigenvalue weighted by molar-refractivity contribution is 9.10. The Labute approximate surface area is 152 Å². The molecule has 2 aromatic carbocycles. The highest BCUT2D eigenvalue weighted by Crippen LogP contribution is 2.29. The van der Waals surface area contributed by atoms with Crippen molar-refractivity contribution in [2.75, 3.05) is 0 Å². The first-order valence-corrected chi connectivity index (χ1v) is 9.24. The third kappa shape index (κ3) is 2.99. The third-order valence-electron chi connectivity index (χ3n) is 3.76. The molecule has 0 atom stereocenters. The molecule has 2 aromatic heterocycles. The van der Waals surface area contributed by atoms with E-state index >= 15 is 0 Å². The quantitative estimate of drug-likeness (QED) is 0.437. The molecule has 6 heteroatoms. The maximum atomic E-state index is 5.89. The van der Waals surface area contributed by atoms with Gasteiger partial charge in [-0.3, -0.25) is 0 Å². The Morgan fingerprint density at radius 1 is 1.08 bits per heavy atom. The Hall–Kier alpha value is -2.05. The minimum atomic E-state index is 0.738. The number of nitrogens with zero attached hydrogens (tertiary/aromatic N) is 3. The fraction of sp³-hybridized carbons (Fsp3) is 0.111. The van der Waals surface area contributed by atoms with Crippen molar-refractivity contribution in [1.82, 2.24) is 14.8 Å². The third-order valence-corrected chi connectivity index (χ3v) is 5.38. The minimum Gasteiger partial charge on any atom is -0.453 e. The van der Waals surface area contributed by atoms with Crippen LogP contribution in [0.15, 0.2) is 68.6 Å². The van der Waals surface area contributed by atoms with Gasteiger partial charge in [0.15, 0.2) is 16.7 Å². The van der Waals surface area contributed by atoms with Crippen molar-refractivity contribution < 1.29 is 4.42 Å². The zero-order chi connectivity index (χ0) is 16.5. The normalized spacial score (nSPS) is 11.2. The maximum Gasteiger partial charge on any atom is 0.200 e. The van der Waals surface area contributed by atoms with Crippen molar-refractivity contribution in [1.29, 1.82) is 0 Å². The second kappa shape index (κ2) is 6.45. The van der Waals surface area contributed by atoms with Crippen LogP contribution < -0.4 is 0 Å². The van der Waals surface area contributed by atoms with Crippen LogP contribution in [0.3, 0.4) is 0 Å². The molecule has 120 valence electrons. The van der Waals surface area contributed by atoms with Gasteiger partial charge in [0.1, 0.15) is 5.58 Å². The summed E-state index contributed by atoms with van der Waals surface area (Å²) in [7, 11) is 1.96. The lowest BCUT2D eigenvalue weighted by molar-refractivity contribution is 0.618. The van der Waals surface area contributed by atoms with E-state index in [-0.39, 0.29) is 0 Å². The van der Waals surface area contributed by atoms with Crippen molar-refractivity contribution in [3.05, 3.63) is 64.6 Å². The second-order valence-corrected chi connectivity index (χ2v) is 7.29. The summed E-state index contributed by atoms with van der Waals surface area (Å²) < 4.78 is 8.95. The Balaban J connectivity index is 1.57.